The Bertz CT molecular complexity index is 3360. The molecule has 0 saturated carbocycles. The number of hydrogen-bond acceptors (Lipinski definition) is 13. The molecule has 3 aromatic carbocycles. The third-order valence-electron chi connectivity index (χ3n) is 9.73. The van der Waals surface area contributed by atoms with Crippen LogP contribution in [0.4, 0.5) is 34.8 Å². The number of nitrogens with one attached hydrogen (secondary N) is 3. The van der Waals surface area contributed by atoms with Crippen LogP contribution in [0.2, 0.25) is 0 Å². The van der Waals surface area contributed by atoms with Crippen LogP contribution in [-0.4, -0.2) is 52.6 Å². The molecule has 74 heavy (non-hydrogen) atoms. The fraction of sp³-hybridized carbons (Fsp3) is 0.0741. The SMILES string of the molecule is Cc1ccc(F)c(C(=O)Nc2cncc(Oc3cncnc3)c2)c1.Cc1cccc(C(=O)Nc2cccc(Oc3ccc(C(F)(F)F)nc3)n2)c1.Cc1cccc(C(=O)Nc2cncc(Oc3cccnc3)c2)c1. The molecule has 9 rings (SSSR count). The van der Waals surface area contributed by atoms with Crippen LogP contribution < -0.4 is 30.2 Å². The first-order valence-electron chi connectivity index (χ1n) is 22.1. The van der Waals surface area contributed by atoms with Gasteiger partial charge in [0.25, 0.3) is 17.7 Å². The molecular weight excluding hydrogens is 961 g/mol. The Labute approximate surface area is 420 Å². The van der Waals surface area contributed by atoms with Crippen LogP contribution >= 0.6 is 0 Å². The minimum atomic E-state index is -4.52. The van der Waals surface area contributed by atoms with Crippen LogP contribution in [0.5, 0.6) is 34.6 Å². The molecule has 0 unspecified atom stereocenters. The normalized spacial score (nSPS) is 10.5. The van der Waals surface area contributed by atoms with Crippen molar-refractivity contribution in [2.24, 2.45) is 0 Å². The molecule has 0 aliphatic carbocycles. The topological polar surface area (TPSA) is 205 Å². The number of halogens is 4. The smallest absolute Gasteiger partial charge is 0.433 e. The summed E-state index contributed by atoms with van der Waals surface area (Å²) in [6.45, 7) is 5.61. The summed E-state index contributed by atoms with van der Waals surface area (Å²) in [6.07, 6.45) is 10.2. The van der Waals surface area contributed by atoms with Crippen molar-refractivity contribution < 1.29 is 46.2 Å². The van der Waals surface area contributed by atoms with E-state index in [9.17, 15) is 31.9 Å². The van der Waals surface area contributed by atoms with Gasteiger partial charge in [-0.2, -0.15) is 18.2 Å². The van der Waals surface area contributed by atoms with Gasteiger partial charge in [-0.15, -0.1) is 0 Å². The van der Waals surface area contributed by atoms with Crippen LogP contribution in [0.3, 0.4) is 0 Å². The van der Waals surface area contributed by atoms with Crippen molar-refractivity contribution in [1.29, 1.82) is 0 Å². The second-order valence-electron chi connectivity index (χ2n) is 15.7. The summed E-state index contributed by atoms with van der Waals surface area (Å²) in [4.78, 5) is 63.9. The number of amides is 3. The van der Waals surface area contributed by atoms with Gasteiger partial charge in [-0.05, 0) is 87.5 Å². The lowest BCUT2D eigenvalue weighted by atomic mass is 10.1. The molecule has 0 bridgehead atoms. The van der Waals surface area contributed by atoms with Gasteiger partial charge in [0.1, 0.15) is 46.7 Å². The lowest BCUT2D eigenvalue weighted by Crippen LogP contribution is -2.14. The van der Waals surface area contributed by atoms with E-state index < -0.39 is 23.6 Å². The first-order valence-corrected chi connectivity index (χ1v) is 22.1. The standard InChI is InChI=1S/C19H14F3N3O2.C18H15N3O2.C17H13FN4O2/c1-12-4-2-5-13(10-12)18(26)25-16-6-3-7-17(24-16)27-14-8-9-15(23-11-14)19(20,21)22;1-13-4-2-5-14(8-13)18(22)21-15-9-17(12-20-10-15)23-16-6-3-7-19-11-16;1-11-2-3-16(18)15(4-11)17(23)22-12-5-13(7-19-6-12)24-14-8-20-10-21-9-14/h2-11H,1H3,(H,24,25,26);2-12H,1H3,(H,21,22);2-10H,1H3,(H,22,23). The zero-order valence-corrected chi connectivity index (χ0v) is 39.4. The highest BCUT2D eigenvalue weighted by Crippen LogP contribution is 2.30. The number of carbonyl (C=O) groups is 3. The number of alkyl halides is 3. The molecule has 6 heterocycles. The molecule has 372 valence electrons. The van der Waals surface area contributed by atoms with E-state index in [2.05, 4.69) is 50.8 Å². The van der Waals surface area contributed by atoms with Gasteiger partial charge in [0, 0.05) is 35.5 Å². The van der Waals surface area contributed by atoms with Gasteiger partial charge < -0.3 is 30.2 Å². The molecule has 0 saturated heterocycles. The summed E-state index contributed by atoms with van der Waals surface area (Å²) < 4.78 is 68.0. The van der Waals surface area contributed by atoms with E-state index in [1.807, 2.05) is 38.1 Å². The number of carbonyl (C=O) groups excluding carboxylic acids is 3. The lowest BCUT2D eigenvalue weighted by Gasteiger charge is -2.09. The number of aryl methyl sites for hydroxylation is 3. The fourth-order valence-corrected chi connectivity index (χ4v) is 6.35. The minimum Gasteiger partial charge on any atom is -0.454 e. The molecule has 0 aliphatic heterocycles. The van der Waals surface area contributed by atoms with Gasteiger partial charge in [0.15, 0.2) is 5.75 Å². The van der Waals surface area contributed by atoms with Crippen molar-refractivity contribution in [2.75, 3.05) is 16.0 Å². The number of pyridine rings is 5. The highest BCUT2D eigenvalue weighted by molar-refractivity contribution is 6.05. The van der Waals surface area contributed by atoms with Gasteiger partial charge in [0.05, 0.1) is 66.5 Å². The fourth-order valence-electron chi connectivity index (χ4n) is 6.35. The molecule has 6 aromatic heterocycles. The number of benzene rings is 3. The lowest BCUT2D eigenvalue weighted by molar-refractivity contribution is -0.141. The number of rotatable bonds is 12. The third-order valence-corrected chi connectivity index (χ3v) is 9.73. The molecule has 16 nitrogen and oxygen atoms in total. The first kappa shape index (κ1) is 51.9. The molecule has 9 aromatic rings. The Kier molecular flexibility index (Phi) is 17.3. The van der Waals surface area contributed by atoms with Crippen LogP contribution in [0.1, 0.15) is 53.5 Å². The average Bonchev–Trinajstić information content (AvgIpc) is 3.38. The van der Waals surface area contributed by atoms with Gasteiger partial charge in [-0.1, -0.05) is 53.1 Å². The summed E-state index contributed by atoms with van der Waals surface area (Å²) in [5.74, 6) is 0.762. The molecule has 0 spiro atoms. The zero-order chi connectivity index (χ0) is 52.5. The summed E-state index contributed by atoms with van der Waals surface area (Å²) in [6, 6.07) is 32.3. The van der Waals surface area contributed by atoms with Gasteiger partial charge >= 0.3 is 6.18 Å². The number of hydrogen-bond donors (Lipinski definition) is 3. The Morgan fingerprint density at radius 1 is 0.486 bits per heavy atom. The maximum atomic E-state index is 13.8. The average molecular weight is 1000 g/mol. The van der Waals surface area contributed by atoms with E-state index >= 15 is 0 Å². The largest absolute Gasteiger partial charge is 0.454 e. The summed E-state index contributed by atoms with van der Waals surface area (Å²) in [7, 11) is 0. The van der Waals surface area contributed by atoms with Crippen molar-refractivity contribution in [2.45, 2.75) is 26.9 Å². The third kappa shape index (κ3) is 15.8. The minimum absolute atomic E-state index is 0.0298. The van der Waals surface area contributed by atoms with Crippen molar-refractivity contribution in [3.63, 3.8) is 0 Å². The Morgan fingerprint density at radius 2 is 1.05 bits per heavy atom. The molecular formula is C54H42F4N10O6. The van der Waals surface area contributed by atoms with Crippen molar-refractivity contribution in [1.82, 2.24) is 34.9 Å². The monoisotopic (exact) mass is 1000 g/mol. The number of aromatic nitrogens is 7. The van der Waals surface area contributed by atoms with Gasteiger partial charge in [-0.25, -0.2) is 19.3 Å². The molecule has 0 radical (unpaired) electrons. The van der Waals surface area contributed by atoms with Crippen LogP contribution in [0, 0.1) is 26.6 Å². The second kappa shape index (κ2) is 24.7. The summed E-state index contributed by atoms with van der Waals surface area (Å²) in [5, 5.41) is 8.06. The molecule has 3 N–H and O–H groups in total. The van der Waals surface area contributed by atoms with E-state index in [0.717, 1.165) is 35.0 Å². The van der Waals surface area contributed by atoms with Crippen LogP contribution in [0.15, 0.2) is 183 Å². The quantitative estimate of drug-likeness (QED) is 0.0976. The molecule has 3 amide bonds. The molecule has 0 fully saturated rings. The summed E-state index contributed by atoms with van der Waals surface area (Å²) >= 11 is 0. The van der Waals surface area contributed by atoms with E-state index in [4.69, 9.17) is 14.2 Å². The maximum absolute atomic E-state index is 13.8. The first-order chi connectivity index (χ1) is 35.6. The maximum Gasteiger partial charge on any atom is 0.433 e. The highest BCUT2D eigenvalue weighted by atomic mass is 19.4. The molecule has 0 aliphatic rings. The second-order valence-corrected chi connectivity index (χ2v) is 15.7. The summed E-state index contributed by atoms with van der Waals surface area (Å²) in [5.41, 5.74) is 3.76. The Morgan fingerprint density at radius 3 is 1.65 bits per heavy atom. The predicted octanol–water partition coefficient (Wildman–Crippen LogP) is 12.0. The molecule has 20 heteroatoms. The Hall–Kier alpha value is -9.98. The zero-order valence-electron chi connectivity index (χ0n) is 39.4. The van der Waals surface area contributed by atoms with Crippen LogP contribution in [0.25, 0.3) is 0 Å². The van der Waals surface area contributed by atoms with Crippen molar-refractivity contribution in [3.05, 3.63) is 228 Å². The number of nitrogens with zero attached hydrogens (tertiary/aromatic N) is 7. The number of anilines is 3. The van der Waals surface area contributed by atoms with E-state index in [1.165, 1.54) is 49.3 Å². The van der Waals surface area contributed by atoms with Crippen LogP contribution in [-0.2, 0) is 6.18 Å². The Balaban J connectivity index is 0.000000163. The highest BCUT2D eigenvalue weighted by Gasteiger charge is 2.32. The predicted molar refractivity (Wildman–Crippen MR) is 266 cm³/mol. The number of ether oxygens (including phenoxy) is 3. The van der Waals surface area contributed by atoms with Crippen molar-refractivity contribution >= 4 is 34.9 Å². The van der Waals surface area contributed by atoms with Gasteiger partial charge in [-0.3, -0.25) is 29.3 Å². The van der Waals surface area contributed by atoms with Gasteiger partial charge in [0.2, 0.25) is 5.88 Å². The molecule has 0 atom stereocenters. The van der Waals surface area contributed by atoms with E-state index in [1.54, 1.807) is 98.4 Å². The van der Waals surface area contributed by atoms with Crippen molar-refractivity contribution in [3.8, 4) is 34.6 Å². The van der Waals surface area contributed by atoms with E-state index in [0.29, 0.717) is 45.5 Å². The van der Waals surface area contributed by atoms with E-state index in [-0.39, 0.29) is 34.8 Å².